The predicted molar refractivity (Wildman–Crippen MR) is 37.9 cm³/mol. The Morgan fingerprint density at radius 3 is 2.70 bits per heavy atom. The molecular weight excluding hydrogens is 132 g/mol. The van der Waals surface area contributed by atoms with Crippen LogP contribution in [0.15, 0.2) is 12.2 Å². The van der Waals surface area contributed by atoms with Gasteiger partial charge in [0.25, 0.3) is 0 Å². The zero-order valence-electron chi connectivity index (χ0n) is 6.09. The highest BCUT2D eigenvalue weighted by atomic mass is 16.5. The maximum absolute atomic E-state index is 10.2. The fraction of sp³-hybridized carbons (Fsp3) is 0.571. The Kier molecular flexibility index (Phi) is 4.58. The Balaban J connectivity index is 3.31. The molecule has 0 aromatic heterocycles. The summed E-state index contributed by atoms with van der Waals surface area (Å²) in [6.45, 7) is 3.96. The summed E-state index contributed by atoms with van der Waals surface area (Å²) in [5, 5.41) is 8.34. The van der Waals surface area contributed by atoms with Crippen LogP contribution in [0.1, 0.15) is 12.8 Å². The standard InChI is InChI=1S/C7H12O3/c1-6(7(8)9)4-3-5-10-2/h1,3-5H2,2H3,(H,8,9). The first-order chi connectivity index (χ1) is 4.68. The van der Waals surface area contributed by atoms with E-state index < -0.39 is 5.97 Å². The average molecular weight is 144 g/mol. The van der Waals surface area contributed by atoms with E-state index in [1.807, 2.05) is 0 Å². The predicted octanol–water partition coefficient (Wildman–Crippen LogP) is 1.05. The first-order valence-electron chi connectivity index (χ1n) is 3.08. The highest BCUT2D eigenvalue weighted by Crippen LogP contribution is 2.01. The smallest absolute Gasteiger partial charge is 0.330 e. The molecule has 0 aliphatic rings. The van der Waals surface area contributed by atoms with Crippen molar-refractivity contribution in [1.29, 1.82) is 0 Å². The molecule has 0 aliphatic carbocycles. The van der Waals surface area contributed by atoms with Crippen molar-refractivity contribution in [2.45, 2.75) is 12.8 Å². The van der Waals surface area contributed by atoms with Gasteiger partial charge in [-0.1, -0.05) is 6.58 Å². The Morgan fingerprint density at radius 1 is 1.70 bits per heavy atom. The maximum Gasteiger partial charge on any atom is 0.330 e. The van der Waals surface area contributed by atoms with E-state index in [1.165, 1.54) is 0 Å². The molecule has 58 valence electrons. The van der Waals surface area contributed by atoms with Crippen molar-refractivity contribution >= 4 is 5.97 Å². The molecule has 3 heteroatoms. The van der Waals surface area contributed by atoms with Crippen LogP contribution in [0, 0.1) is 0 Å². The Hall–Kier alpha value is -0.830. The van der Waals surface area contributed by atoms with Crippen LogP contribution in [-0.2, 0) is 9.53 Å². The topological polar surface area (TPSA) is 46.5 Å². The number of aliphatic carboxylic acids is 1. The second kappa shape index (κ2) is 4.99. The van der Waals surface area contributed by atoms with E-state index >= 15 is 0 Å². The SMILES string of the molecule is C=C(CCCOC)C(=O)O. The van der Waals surface area contributed by atoms with Gasteiger partial charge in [0.1, 0.15) is 0 Å². The van der Waals surface area contributed by atoms with Crippen LogP contribution < -0.4 is 0 Å². The van der Waals surface area contributed by atoms with E-state index in [9.17, 15) is 4.79 Å². The van der Waals surface area contributed by atoms with Crippen molar-refractivity contribution in [3.8, 4) is 0 Å². The van der Waals surface area contributed by atoms with Gasteiger partial charge in [-0.2, -0.15) is 0 Å². The van der Waals surface area contributed by atoms with Gasteiger partial charge in [0.05, 0.1) is 0 Å². The molecule has 0 unspecified atom stereocenters. The zero-order chi connectivity index (χ0) is 7.98. The third kappa shape index (κ3) is 4.09. The van der Waals surface area contributed by atoms with Crippen LogP contribution in [-0.4, -0.2) is 24.8 Å². The molecule has 0 saturated heterocycles. The molecule has 10 heavy (non-hydrogen) atoms. The summed E-state index contributed by atoms with van der Waals surface area (Å²) in [5.74, 6) is -0.920. The van der Waals surface area contributed by atoms with Gasteiger partial charge in [-0.3, -0.25) is 0 Å². The summed E-state index contributed by atoms with van der Waals surface area (Å²) >= 11 is 0. The van der Waals surface area contributed by atoms with Crippen molar-refractivity contribution < 1.29 is 14.6 Å². The van der Waals surface area contributed by atoms with Gasteiger partial charge in [0, 0.05) is 19.3 Å². The number of methoxy groups -OCH3 is 1. The van der Waals surface area contributed by atoms with E-state index in [4.69, 9.17) is 9.84 Å². The highest BCUT2D eigenvalue weighted by Gasteiger charge is 2.01. The largest absolute Gasteiger partial charge is 0.478 e. The van der Waals surface area contributed by atoms with Gasteiger partial charge in [-0.05, 0) is 12.8 Å². The molecule has 0 fully saturated rings. The second-order valence-electron chi connectivity index (χ2n) is 2.01. The second-order valence-corrected chi connectivity index (χ2v) is 2.01. The van der Waals surface area contributed by atoms with Crippen LogP contribution in [0.3, 0.4) is 0 Å². The van der Waals surface area contributed by atoms with Crippen LogP contribution in [0.5, 0.6) is 0 Å². The molecule has 0 radical (unpaired) electrons. The van der Waals surface area contributed by atoms with Crippen molar-refractivity contribution in [1.82, 2.24) is 0 Å². The minimum Gasteiger partial charge on any atom is -0.478 e. The molecule has 3 nitrogen and oxygen atoms in total. The van der Waals surface area contributed by atoms with Gasteiger partial charge in [-0.25, -0.2) is 4.79 Å². The van der Waals surface area contributed by atoms with Crippen molar-refractivity contribution in [2.24, 2.45) is 0 Å². The molecule has 0 amide bonds. The first kappa shape index (κ1) is 9.17. The molecule has 0 heterocycles. The lowest BCUT2D eigenvalue weighted by Crippen LogP contribution is -2.00. The minimum atomic E-state index is -0.920. The normalized spacial score (nSPS) is 9.30. The lowest BCUT2D eigenvalue weighted by atomic mass is 10.2. The zero-order valence-corrected chi connectivity index (χ0v) is 6.09. The molecule has 0 bridgehead atoms. The molecule has 0 spiro atoms. The molecule has 1 N–H and O–H groups in total. The summed E-state index contributed by atoms with van der Waals surface area (Å²) in [6, 6.07) is 0. The van der Waals surface area contributed by atoms with E-state index in [2.05, 4.69) is 6.58 Å². The van der Waals surface area contributed by atoms with Gasteiger partial charge in [0.15, 0.2) is 0 Å². The lowest BCUT2D eigenvalue weighted by molar-refractivity contribution is -0.132. The number of hydrogen-bond donors (Lipinski definition) is 1. The monoisotopic (exact) mass is 144 g/mol. The number of carboxylic acid groups (broad SMARTS) is 1. The van der Waals surface area contributed by atoms with E-state index in [1.54, 1.807) is 7.11 Å². The molecule has 0 atom stereocenters. The first-order valence-corrected chi connectivity index (χ1v) is 3.08. The number of ether oxygens (including phenoxy) is 1. The lowest BCUT2D eigenvalue weighted by Gasteiger charge is -1.97. The quantitative estimate of drug-likeness (QED) is 0.463. The van der Waals surface area contributed by atoms with Crippen LogP contribution in [0.2, 0.25) is 0 Å². The molecular formula is C7H12O3. The Bertz CT molecular complexity index is 129. The van der Waals surface area contributed by atoms with E-state index in [0.29, 0.717) is 13.0 Å². The Morgan fingerprint density at radius 2 is 2.30 bits per heavy atom. The van der Waals surface area contributed by atoms with Crippen LogP contribution in [0.4, 0.5) is 0 Å². The summed E-state index contributed by atoms with van der Waals surface area (Å²) in [7, 11) is 1.59. The number of hydrogen-bond acceptors (Lipinski definition) is 2. The Labute approximate surface area is 60.3 Å². The summed E-state index contributed by atoms with van der Waals surface area (Å²) < 4.78 is 4.74. The highest BCUT2D eigenvalue weighted by molar-refractivity contribution is 5.85. The van der Waals surface area contributed by atoms with Crippen molar-refractivity contribution in [3.63, 3.8) is 0 Å². The number of carboxylic acids is 1. The number of carbonyl (C=O) groups is 1. The third-order valence-electron chi connectivity index (χ3n) is 1.13. The van der Waals surface area contributed by atoms with Crippen molar-refractivity contribution in [3.05, 3.63) is 12.2 Å². The van der Waals surface area contributed by atoms with Crippen LogP contribution >= 0.6 is 0 Å². The van der Waals surface area contributed by atoms with Gasteiger partial charge < -0.3 is 9.84 Å². The molecule has 0 rings (SSSR count). The molecule has 0 aromatic carbocycles. The van der Waals surface area contributed by atoms with E-state index in [-0.39, 0.29) is 5.57 Å². The minimum absolute atomic E-state index is 0.247. The van der Waals surface area contributed by atoms with Gasteiger partial charge in [0.2, 0.25) is 0 Å². The average Bonchev–Trinajstić information content (AvgIpc) is 1.88. The van der Waals surface area contributed by atoms with Crippen LogP contribution in [0.25, 0.3) is 0 Å². The molecule has 0 aromatic rings. The molecule has 0 aliphatic heterocycles. The van der Waals surface area contributed by atoms with Gasteiger partial charge >= 0.3 is 5.97 Å². The van der Waals surface area contributed by atoms with E-state index in [0.717, 1.165) is 6.42 Å². The summed E-state index contributed by atoms with van der Waals surface area (Å²) in [6.07, 6.45) is 1.23. The third-order valence-corrected chi connectivity index (χ3v) is 1.13. The number of rotatable bonds is 5. The summed E-state index contributed by atoms with van der Waals surface area (Å²) in [5.41, 5.74) is 0.247. The molecule has 0 saturated carbocycles. The van der Waals surface area contributed by atoms with Crippen molar-refractivity contribution in [2.75, 3.05) is 13.7 Å². The van der Waals surface area contributed by atoms with Gasteiger partial charge in [-0.15, -0.1) is 0 Å². The summed E-state index contributed by atoms with van der Waals surface area (Å²) in [4.78, 5) is 10.2. The maximum atomic E-state index is 10.2. The fourth-order valence-electron chi connectivity index (χ4n) is 0.537. The fourth-order valence-corrected chi connectivity index (χ4v) is 0.537.